The summed E-state index contributed by atoms with van der Waals surface area (Å²) >= 11 is 0. The van der Waals surface area contributed by atoms with E-state index in [4.69, 9.17) is 4.74 Å². The van der Waals surface area contributed by atoms with Gasteiger partial charge in [0.15, 0.2) is 0 Å². The molecule has 1 N–H and O–H groups in total. The van der Waals surface area contributed by atoms with Gasteiger partial charge in [0, 0.05) is 32.8 Å². The molecule has 2 heterocycles. The van der Waals surface area contributed by atoms with Crippen molar-refractivity contribution in [1.82, 2.24) is 15.1 Å². The highest BCUT2D eigenvalue weighted by atomic mass is 16.5. The van der Waals surface area contributed by atoms with Crippen LogP contribution in [0.5, 0.6) is 0 Å². The van der Waals surface area contributed by atoms with E-state index in [9.17, 15) is 4.79 Å². The minimum Gasteiger partial charge on any atom is -0.377 e. The summed E-state index contributed by atoms with van der Waals surface area (Å²) in [7, 11) is 1.69. The molecule has 1 atom stereocenters. The van der Waals surface area contributed by atoms with E-state index < -0.39 is 0 Å². The predicted molar refractivity (Wildman–Crippen MR) is 113 cm³/mol. The van der Waals surface area contributed by atoms with Gasteiger partial charge in [-0.3, -0.25) is 14.6 Å². The zero-order valence-corrected chi connectivity index (χ0v) is 17.8. The number of likely N-dealkylation sites (tertiary alicyclic amines) is 2. The first kappa shape index (κ1) is 21.3. The van der Waals surface area contributed by atoms with Crippen molar-refractivity contribution in [1.29, 1.82) is 0 Å². The molecule has 2 saturated heterocycles. The second-order valence-corrected chi connectivity index (χ2v) is 9.01. The zero-order valence-electron chi connectivity index (χ0n) is 17.8. The summed E-state index contributed by atoms with van der Waals surface area (Å²) in [6.45, 7) is 9.96. The number of hydrogen-bond donors (Lipinski definition) is 1. The number of carbonyl (C=O) groups is 1. The van der Waals surface area contributed by atoms with E-state index in [1.54, 1.807) is 7.11 Å². The molecule has 0 unspecified atom stereocenters. The molecule has 0 bridgehead atoms. The fourth-order valence-electron chi connectivity index (χ4n) is 4.35. The zero-order chi connectivity index (χ0) is 20.0. The molecular formula is C23H37N3O2. The molecule has 2 fully saturated rings. The van der Waals surface area contributed by atoms with E-state index in [0.29, 0.717) is 12.6 Å². The molecule has 5 heteroatoms. The number of methoxy groups -OCH3 is 1. The maximum absolute atomic E-state index is 12.6. The number of nitrogens with zero attached hydrogens (tertiary/aromatic N) is 2. The summed E-state index contributed by atoms with van der Waals surface area (Å²) < 4.78 is 5.41. The van der Waals surface area contributed by atoms with Crippen molar-refractivity contribution < 1.29 is 9.53 Å². The van der Waals surface area contributed by atoms with Gasteiger partial charge >= 0.3 is 0 Å². The van der Waals surface area contributed by atoms with Gasteiger partial charge in [-0.25, -0.2) is 0 Å². The molecule has 0 aromatic heterocycles. The molecule has 0 aliphatic carbocycles. The van der Waals surface area contributed by atoms with Gasteiger partial charge in [0.2, 0.25) is 5.91 Å². The normalized spacial score (nSPS) is 22.9. The van der Waals surface area contributed by atoms with Crippen molar-refractivity contribution in [3.05, 3.63) is 35.9 Å². The fraction of sp³-hybridized carbons (Fsp3) is 0.696. The maximum Gasteiger partial charge on any atom is 0.224 e. The van der Waals surface area contributed by atoms with Crippen LogP contribution in [0.25, 0.3) is 0 Å². The minimum atomic E-state index is -0.310. The molecule has 2 aliphatic rings. The van der Waals surface area contributed by atoms with Gasteiger partial charge in [-0.05, 0) is 64.7 Å². The number of hydrogen-bond acceptors (Lipinski definition) is 4. The number of rotatable bonds is 7. The molecule has 28 heavy (non-hydrogen) atoms. The summed E-state index contributed by atoms with van der Waals surface area (Å²) in [6, 6.07) is 11.4. The van der Waals surface area contributed by atoms with Crippen molar-refractivity contribution in [3.8, 4) is 0 Å². The van der Waals surface area contributed by atoms with Crippen molar-refractivity contribution in [2.24, 2.45) is 5.92 Å². The van der Waals surface area contributed by atoms with Gasteiger partial charge in [-0.2, -0.15) is 0 Å². The standard InChI is InChI=1S/C23H37N3O2/c1-23(2,28-3)18-24-22(27)20-10-7-13-26(17-20)21-11-14-25(15-12-21)16-19-8-5-4-6-9-19/h4-6,8-9,20-21H,7,10-18H2,1-3H3,(H,24,27)/t20-/m0/s1. The Morgan fingerprint density at radius 3 is 2.54 bits per heavy atom. The lowest BCUT2D eigenvalue weighted by Crippen LogP contribution is -2.51. The average molecular weight is 388 g/mol. The van der Waals surface area contributed by atoms with E-state index in [1.165, 1.54) is 18.4 Å². The average Bonchev–Trinajstić information content (AvgIpc) is 2.73. The largest absolute Gasteiger partial charge is 0.377 e. The van der Waals surface area contributed by atoms with Crippen molar-refractivity contribution in [2.75, 3.05) is 39.8 Å². The quantitative estimate of drug-likeness (QED) is 0.781. The number of carbonyl (C=O) groups excluding carboxylic acids is 1. The number of amides is 1. The van der Waals surface area contributed by atoms with Crippen LogP contribution in [0.1, 0.15) is 45.1 Å². The van der Waals surface area contributed by atoms with Gasteiger partial charge in [0.25, 0.3) is 0 Å². The van der Waals surface area contributed by atoms with Crippen LogP contribution in [-0.2, 0) is 16.1 Å². The van der Waals surface area contributed by atoms with Crippen molar-refractivity contribution in [3.63, 3.8) is 0 Å². The molecule has 156 valence electrons. The van der Waals surface area contributed by atoms with Gasteiger partial charge in [0.05, 0.1) is 11.5 Å². The summed E-state index contributed by atoms with van der Waals surface area (Å²) in [5.41, 5.74) is 1.09. The van der Waals surface area contributed by atoms with E-state index in [2.05, 4.69) is 45.4 Å². The van der Waals surface area contributed by atoms with E-state index in [1.807, 2.05) is 13.8 Å². The molecule has 0 saturated carbocycles. The van der Waals surface area contributed by atoms with Gasteiger partial charge in [0.1, 0.15) is 0 Å². The molecule has 3 rings (SSSR count). The Bertz CT molecular complexity index is 612. The third-order valence-corrected chi connectivity index (χ3v) is 6.39. The lowest BCUT2D eigenvalue weighted by Gasteiger charge is -2.42. The Balaban J connectivity index is 1.44. The molecule has 5 nitrogen and oxygen atoms in total. The Morgan fingerprint density at radius 1 is 1.14 bits per heavy atom. The van der Waals surface area contributed by atoms with E-state index in [0.717, 1.165) is 45.6 Å². The van der Waals surface area contributed by atoms with Crippen LogP contribution in [0, 0.1) is 5.92 Å². The van der Waals surface area contributed by atoms with Crippen LogP contribution >= 0.6 is 0 Å². The molecule has 0 spiro atoms. The van der Waals surface area contributed by atoms with Crippen LogP contribution in [0.4, 0.5) is 0 Å². The predicted octanol–water partition coefficient (Wildman–Crippen LogP) is 2.90. The summed E-state index contributed by atoms with van der Waals surface area (Å²) in [5.74, 6) is 0.306. The van der Waals surface area contributed by atoms with Crippen LogP contribution in [0.2, 0.25) is 0 Å². The SMILES string of the molecule is COC(C)(C)CNC(=O)[C@H]1CCCN(C2CCN(Cc3ccccc3)CC2)C1. The minimum absolute atomic E-state index is 0.115. The lowest BCUT2D eigenvalue weighted by molar-refractivity contribution is -0.128. The van der Waals surface area contributed by atoms with Crippen LogP contribution in [0.3, 0.4) is 0 Å². The maximum atomic E-state index is 12.6. The third-order valence-electron chi connectivity index (χ3n) is 6.39. The molecule has 1 aromatic rings. The first-order valence-electron chi connectivity index (χ1n) is 10.8. The molecule has 0 radical (unpaired) electrons. The highest BCUT2D eigenvalue weighted by molar-refractivity contribution is 5.79. The van der Waals surface area contributed by atoms with Crippen molar-refractivity contribution >= 4 is 5.91 Å². The molecule has 1 amide bonds. The molecule has 2 aliphatic heterocycles. The lowest BCUT2D eigenvalue weighted by atomic mass is 9.93. The fourth-order valence-corrected chi connectivity index (χ4v) is 4.35. The van der Waals surface area contributed by atoms with Crippen molar-refractivity contribution in [2.45, 2.75) is 57.7 Å². The summed E-state index contributed by atoms with van der Waals surface area (Å²) in [4.78, 5) is 17.8. The topological polar surface area (TPSA) is 44.8 Å². The summed E-state index contributed by atoms with van der Waals surface area (Å²) in [5, 5.41) is 3.10. The number of ether oxygens (including phenoxy) is 1. The van der Waals surface area contributed by atoms with Gasteiger partial charge in [-0.15, -0.1) is 0 Å². The Labute approximate surface area is 170 Å². The Hall–Kier alpha value is -1.43. The first-order chi connectivity index (χ1) is 13.5. The van der Waals surface area contributed by atoms with E-state index >= 15 is 0 Å². The smallest absolute Gasteiger partial charge is 0.224 e. The van der Waals surface area contributed by atoms with Gasteiger partial charge < -0.3 is 10.1 Å². The van der Waals surface area contributed by atoms with Gasteiger partial charge in [-0.1, -0.05) is 30.3 Å². The second kappa shape index (κ2) is 9.86. The highest BCUT2D eigenvalue weighted by Crippen LogP contribution is 2.25. The summed E-state index contributed by atoms with van der Waals surface area (Å²) in [6.07, 6.45) is 4.54. The Kier molecular flexibility index (Phi) is 7.49. The molecular weight excluding hydrogens is 350 g/mol. The monoisotopic (exact) mass is 387 g/mol. The van der Waals surface area contributed by atoms with Crippen LogP contribution in [0.15, 0.2) is 30.3 Å². The Morgan fingerprint density at radius 2 is 1.86 bits per heavy atom. The number of benzene rings is 1. The first-order valence-corrected chi connectivity index (χ1v) is 10.8. The van der Waals surface area contributed by atoms with E-state index in [-0.39, 0.29) is 17.4 Å². The second-order valence-electron chi connectivity index (χ2n) is 9.01. The number of nitrogens with one attached hydrogen (secondary N) is 1. The highest BCUT2D eigenvalue weighted by Gasteiger charge is 2.32. The third kappa shape index (κ3) is 6.03. The van der Waals surface area contributed by atoms with Crippen LogP contribution in [-0.4, -0.2) is 67.2 Å². The van der Waals surface area contributed by atoms with Crippen LogP contribution < -0.4 is 5.32 Å². The molecule has 1 aromatic carbocycles. The number of piperidine rings is 2.